The van der Waals surface area contributed by atoms with Gasteiger partial charge in [-0.15, -0.1) is 0 Å². The number of rotatable bonds is 3. The summed E-state index contributed by atoms with van der Waals surface area (Å²) in [7, 11) is 0. The average Bonchev–Trinajstić information content (AvgIpc) is 3.38. The number of nitrogens with zero attached hydrogens (tertiary/aromatic N) is 2. The summed E-state index contributed by atoms with van der Waals surface area (Å²) in [6.45, 7) is 3.88. The minimum Gasteiger partial charge on any atom is -0.376 e. The molecule has 1 atom stereocenters. The summed E-state index contributed by atoms with van der Waals surface area (Å²) in [5.74, 6) is 8.27. The monoisotopic (exact) mass is 320 g/mol. The molecule has 2 fully saturated rings. The van der Waals surface area contributed by atoms with Gasteiger partial charge in [0.2, 0.25) is 0 Å². The Kier molecular flexibility index (Phi) is 4.40. The molecule has 4 rings (SSSR count). The van der Waals surface area contributed by atoms with Crippen LogP contribution < -0.4 is 0 Å². The second kappa shape index (κ2) is 6.83. The summed E-state index contributed by atoms with van der Waals surface area (Å²) < 4.78 is 8.08. The van der Waals surface area contributed by atoms with E-state index in [1.807, 2.05) is 0 Å². The summed E-state index contributed by atoms with van der Waals surface area (Å²) >= 11 is 0. The molecule has 0 amide bonds. The van der Waals surface area contributed by atoms with Crippen LogP contribution in [-0.4, -0.2) is 22.3 Å². The lowest BCUT2D eigenvalue weighted by Gasteiger charge is -2.23. The van der Waals surface area contributed by atoms with Gasteiger partial charge in [0, 0.05) is 29.8 Å². The van der Waals surface area contributed by atoms with Gasteiger partial charge in [-0.2, -0.15) is 0 Å². The molecule has 1 aliphatic carbocycles. The second-order valence-corrected chi connectivity index (χ2v) is 6.94. The standard InChI is InChI=1S/C21H24N2O/c1-16-22-21(15-23(16)14-20-4-2-3-13-24-20)19-11-9-18(10-12-19)8-7-17-5-6-17/h9-12,15,17,20H,2-6,13-14H2,1H3/t20-/m1/s1. The smallest absolute Gasteiger partial charge is 0.106 e. The first kappa shape index (κ1) is 15.5. The fourth-order valence-electron chi connectivity index (χ4n) is 3.14. The van der Waals surface area contributed by atoms with E-state index in [2.05, 4.69) is 53.8 Å². The Morgan fingerprint density at radius 3 is 2.71 bits per heavy atom. The van der Waals surface area contributed by atoms with Gasteiger partial charge in [0.15, 0.2) is 0 Å². The zero-order chi connectivity index (χ0) is 16.4. The third kappa shape index (κ3) is 3.71. The van der Waals surface area contributed by atoms with Gasteiger partial charge in [-0.1, -0.05) is 24.0 Å². The van der Waals surface area contributed by atoms with E-state index < -0.39 is 0 Å². The Morgan fingerprint density at radius 1 is 1.17 bits per heavy atom. The fourth-order valence-corrected chi connectivity index (χ4v) is 3.14. The molecule has 1 aromatic carbocycles. The van der Waals surface area contributed by atoms with Crippen molar-refractivity contribution in [1.29, 1.82) is 0 Å². The minimum atomic E-state index is 0.333. The normalized spacial score (nSPS) is 20.5. The van der Waals surface area contributed by atoms with Gasteiger partial charge < -0.3 is 9.30 Å². The quantitative estimate of drug-likeness (QED) is 0.793. The van der Waals surface area contributed by atoms with Crippen molar-refractivity contribution in [1.82, 2.24) is 9.55 Å². The van der Waals surface area contributed by atoms with Crippen LogP contribution in [0.15, 0.2) is 30.5 Å². The van der Waals surface area contributed by atoms with Crippen LogP contribution in [-0.2, 0) is 11.3 Å². The predicted molar refractivity (Wildman–Crippen MR) is 95.6 cm³/mol. The molecule has 1 aliphatic heterocycles. The first-order valence-electron chi connectivity index (χ1n) is 9.05. The minimum absolute atomic E-state index is 0.333. The van der Waals surface area contributed by atoms with Crippen molar-refractivity contribution in [3.05, 3.63) is 41.9 Å². The summed E-state index contributed by atoms with van der Waals surface area (Å²) in [5.41, 5.74) is 3.28. The maximum Gasteiger partial charge on any atom is 0.106 e. The van der Waals surface area contributed by atoms with E-state index in [1.165, 1.54) is 25.7 Å². The molecule has 124 valence electrons. The summed E-state index contributed by atoms with van der Waals surface area (Å²) in [4.78, 5) is 4.73. The van der Waals surface area contributed by atoms with Crippen molar-refractivity contribution >= 4 is 0 Å². The van der Waals surface area contributed by atoms with Crippen LogP contribution in [0.2, 0.25) is 0 Å². The van der Waals surface area contributed by atoms with Crippen molar-refractivity contribution in [3.63, 3.8) is 0 Å². The molecule has 0 unspecified atom stereocenters. The van der Waals surface area contributed by atoms with E-state index in [1.54, 1.807) is 0 Å². The third-order valence-electron chi connectivity index (χ3n) is 4.83. The van der Waals surface area contributed by atoms with Gasteiger partial charge in [0.25, 0.3) is 0 Å². The summed E-state index contributed by atoms with van der Waals surface area (Å²) in [6, 6.07) is 8.45. The zero-order valence-electron chi connectivity index (χ0n) is 14.3. The topological polar surface area (TPSA) is 27.1 Å². The molecular formula is C21H24N2O. The van der Waals surface area contributed by atoms with Crippen LogP contribution in [0.3, 0.4) is 0 Å². The molecule has 0 radical (unpaired) electrons. The van der Waals surface area contributed by atoms with E-state index in [0.717, 1.165) is 42.2 Å². The number of hydrogen-bond acceptors (Lipinski definition) is 2. The van der Waals surface area contributed by atoms with Crippen molar-refractivity contribution < 1.29 is 4.74 Å². The van der Waals surface area contributed by atoms with Crippen LogP contribution in [0.4, 0.5) is 0 Å². The number of ether oxygens (including phenoxy) is 1. The first-order chi connectivity index (χ1) is 11.8. The molecule has 3 heteroatoms. The second-order valence-electron chi connectivity index (χ2n) is 6.94. The lowest BCUT2D eigenvalue weighted by atomic mass is 10.1. The van der Waals surface area contributed by atoms with Gasteiger partial charge >= 0.3 is 0 Å². The number of benzene rings is 1. The SMILES string of the molecule is Cc1nc(-c2ccc(C#CC3CC3)cc2)cn1C[C@H]1CCCCO1. The summed E-state index contributed by atoms with van der Waals surface area (Å²) in [6.07, 6.45) is 8.65. The van der Waals surface area contributed by atoms with Crippen LogP contribution in [0, 0.1) is 24.7 Å². The zero-order valence-corrected chi connectivity index (χ0v) is 14.3. The number of aryl methyl sites for hydroxylation is 1. The molecule has 0 bridgehead atoms. The van der Waals surface area contributed by atoms with Crippen LogP contribution in [0.25, 0.3) is 11.3 Å². The molecule has 1 saturated carbocycles. The molecule has 1 aromatic heterocycles. The molecule has 24 heavy (non-hydrogen) atoms. The lowest BCUT2D eigenvalue weighted by Crippen LogP contribution is -2.24. The van der Waals surface area contributed by atoms with E-state index in [4.69, 9.17) is 9.72 Å². The highest BCUT2D eigenvalue weighted by molar-refractivity contribution is 5.60. The van der Waals surface area contributed by atoms with Crippen molar-refractivity contribution in [2.75, 3.05) is 6.61 Å². The Labute approximate surface area is 144 Å². The van der Waals surface area contributed by atoms with E-state index in [9.17, 15) is 0 Å². The van der Waals surface area contributed by atoms with Gasteiger partial charge in [-0.3, -0.25) is 0 Å². The van der Waals surface area contributed by atoms with E-state index in [0.29, 0.717) is 12.0 Å². The van der Waals surface area contributed by atoms with Crippen LogP contribution in [0.1, 0.15) is 43.5 Å². The lowest BCUT2D eigenvalue weighted by molar-refractivity contribution is 0.00567. The Bertz CT molecular complexity index is 753. The van der Waals surface area contributed by atoms with Crippen LogP contribution >= 0.6 is 0 Å². The molecule has 2 aliphatic rings. The largest absolute Gasteiger partial charge is 0.376 e. The highest BCUT2D eigenvalue weighted by Crippen LogP contribution is 2.27. The van der Waals surface area contributed by atoms with Gasteiger partial charge in [-0.05, 0) is 51.2 Å². The van der Waals surface area contributed by atoms with Crippen molar-refractivity contribution in [3.8, 4) is 23.1 Å². The molecule has 1 saturated heterocycles. The number of hydrogen-bond donors (Lipinski definition) is 0. The van der Waals surface area contributed by atoms with Crippen molar-refractivity contribution in [2.24, 2.45) is 5.92 Å². The first-order valence-corrected chi connectivity index (χ1v) is 9.05. The van der Waals surface area contributed by atoms with Crippen molar-refractivity contribution in [2.45, 2.75) is 51.7 Å². The fraction of sp³-hybridized carbons (Fsp3) is 0.476. The van der Waals surface area contributed by atoms with Gasteiger partial charge in [0.1, 0.15) is 5.82 Å². The molecular weight excluding hydrogens is 296 g/mol. The Morgan fingerprint density at radius 2 is 2.00 bits per heavy atom. The molecule has 2 aromatic rings. The van der Waals surface area contributed by atoms with Gasteiger partial charge in [-0.25, -0.2) is 4.98 Å². The predicted octanol–water partition coefficient (Wildman–Crippen LogP) is 4.19. The molecule has 0 N–H and O–H groups in total. The highest BCUT2D eigenvalue weighted by Gasteiger charge is 2.18. The summed E-state index contributed by atoms with van der Waals surface area (Å²) in [5, 5.41) is 0. The Hall–Kier alpha value is -2.05. The molecule has 3 nitrogen and oxygen atoms in total. The maximum absolute atomic E-state index is 5.85. The highest BCUT2D eigenvalue weighted by atomic mass is 16.5. The average molecular weight is 320 g/mol. The molecule has 2 heterocycles. The molecule has 0 spiro atoms. The number of aromatic nitrogens is 2. The maximum atomic E-state index is 5.85. The van der Waals surface area contributed by atoms with Gasteiger partial charge in [0.05, 0.1) is 18.3 Å². The van der Waals surface area contributed by atoms with E-state index >= 15 is 0 Å². The third-order valence-corrected chi connectivity index (χ3v) is 4.83. The number of imidazole rings is 1. The Balaban J connectivity index is 1.47. The van der Waals surface area contributed by atoms with E-state index in [-0.39, 0.29) is 0 Å². The van der Waals surface area contributed by atoms with Crippen LogP contribution in [0.5, 0.6) is 0 Å².